The molecule has 0 spiro atoms. The number of amides is 5. The number of fused-ring (bicyclic) bond motifs is 5. The zero-order chi connectivity index (χ0) is 46.1. The maximum Gasteiger partial charge on any atom is 0.255 e. The van der Waals surface area contributed by atoms with Gasteiger partial charge in [0, 0.05) is 37.7 Å². The van der Waals surface area contributed by atoms with E-state index in [0.29, 0.717) is 40.2 Å². The van der Waals surface area contributed by atoms with Crippen molar-refractivity contribution in [2.45, 2.75) is 96.3 Å². The third kappa shape index (κ3) is 13.5. The molecular formula is C46H62FN9O7. The van der Waals surface area contributed by atoms with Crippen LogP contribution in [-0.2, 0) is 32.0 Å². The first-order valence-corrected chi connectivity index (χ1v) is 21.5. The Balaban J connectivity index is 1.80. The van der Waals surface area contributed by atoms with E-state index in [2.05, 4.69) is 28.2 Å². The first-order chi connectivity index (χ1) is 30.3. The molecule has 3 aromatic carbocycles. The Labute approximate surface area is 368 Å². The van der Waals surface area contributed by atoms with Gasteiger partial charge >= 0.3 is 0 Å². The number of rotatable bonds is 20. The molecular weight excluding hydrogens is 810 g/mol. The van der Waals surface area contributed by atoms with Crippen molar-refractivity contribution >= 4 is 29.5 Å². The van der Waals surface area contributed by atoms with Crippen LogP contribution in [0, 0.1) is 24.1 Å². The summed E-state index contributed by atoms with van der Waals surface area (Å²) in [4.78, 5) is 71.0. The third-order valence-electron chi connectivity index (χ3n) is 10.8. The summed E-state index contributed by atoms with van der Waals surface area (Å²) in [5, 5.41) is 19.7. The number of nitrogens with one attached hydrogen (secondary N) is 4. The number of aryl methyl sites for hydroxylation is 2. The molecule has 4 rings (SSSR count). The average molecular weight is 872 g/mol. The van der Waals surface area contributed by atoms with E-state index in [1.165, 1.54) is 20.0 Å². The fourth-order valence-electron chi connectivity index (χ4n) is 7.54. The van der Waals surface area contributed by atoms with Crippen molar-refractivity contribution in [1.29, 1.82) is 5.26 Å². The van der Waals surface area contributed by atoms with E-state index in [1.54, 1.807) is 49.4 Å². The number of hydrogen-bond acceptors (Lipinski definition) is 11. The molecule has 3 aromatic rings. The van der Waals surface area contributed by atoms with Crippen molar-refractivity contribution in [3.8, 4) is 28.7 Å². The highest BCUT2D eigenvalue weighted by Crippen LogP contribution is 2.40. The van der Waals surface area contributed by atoms with Crippen molar-refractivity contribution < 1.29 is 37.8 Å². The Morgan fingerprint density at radius 3 is 2.22 bits per heavy atom. The second kappa shape index (κ2) is 24.5. The van der Waals surface area contributed by atoms with Crippen LogP contribution < -0.4 is 47.9 Å². The van der Waals surface area contributed by atoms with E-state index >= 15 is 4.39 Å². The molecule has 1 aliphatic heterocycles. The standard InChI is InChI=1S/C46H62FN9O7/c1-5-6-7-8-9-10-30-23-28(2)40(35(47)25-30)44(59)54-36(15-16-48)46(61)56(4)41-32-12-14-39(63-22-19-51)34(27-32)33-24-31(11-13-38(33)62-21-18-50)26-37(43(58)52-20-17-49)55-42(57)29(3)53-45(41)60/h11-14,23-25,27,29,36-37,41H,5-10,15-16,18-22,26,48,50-51H2,1-4H3,(H,52,58)(H,53,60)(H,54,59)(H,55,57)/t29-,36-,37-,41?/m0/s1. The maximum absolute atomic E-state index is 15.7. The largest absolute Gasteiger partial charge is 0.492 e. The summed E-state index contributed by atoms with van der Waals surface area (Å²) >= 11 is 0. The minimum absolute atomic E-state index is 0.00662. The van der Waals surface area contributed by atoms with Gasteiger partial charge in [-0.3, -0.25) is 24.0 Å². The molecule has 0 radical (unpaired) electrons. The summed E-state index contributed by atoms with van der Waals surface area (Å²) in [6, 6.07) is 9.91. The van der Waals surface area contributed by atoms with Gasteiger partial charge in [-0.25, -0.2) is 4.39 Å². The highest BCUT2D eigenvalue weighted by atomic mass is 19.1. The summed E-state index contributed by atoms with van der Waals surface area (Å²) < 4.78 is 27.8. The Bertz CT molecular complexity index is 2100. The Kier molecular flexibility index (Phi) is 19.3. The zero-order valence-corrected chi connectivity index (χ0v) is 36.7. The fraction of sp³-hybridized carbons (Fsp3) is 0.478. The van der Waals surface area contributed by atoms with Crippen molar-refractivity contribution in [2.24, 2.45) is 17.2 Å². The Morgan fingerprint density at radius 2 is 1.59 bits per heavy atom. The van der Waals surface area contributed by atoms with E-state index in [-0.39, 0.29) is 63.4 Å². The van der Waals surface area contributed by atoms with Crippen LogP contribution in [0.25, 0.3) is 11.1 Å². The van der Waals surface area contributed by atoms with Gasteiger partial charge in [-0.1, -0.05) is 50.8 Å². The molecule has 340 valence electrons. The van der Waals surface area contributed by atoms with Crippen LogP contribution in [0.3, 0.4) is 0 Å². The van der Waals surface area contributed by atoms with Crippen LogP contribution in [0.4, 0.5) is 4.39 Å². The predicted molar refractivity (Wildman–Crippen MR) is 237 cm³/mol. The van der Waals surface area contributed by atoms with Gasteiger partial charge in [-0.05, 0) is 92.2 Å². The SMILES string of the molecule is CCCCCCCc1cc(C)c(C(=O)N[C@@H](CCN)C(=O)N(C)C2C(=O)N[C@@H](C)C(=O)N[C@H](C(=O)NCC#N)Cc3ccc(OCCN)c(c3)-c3cc2ccc3OCCN)c(F)c1. The van der Waals surface area contributed by atoms with Crippen LogP contribution in [0.15, 0.2) is 48.5 Å². The second-order valence-corrected chi connectivity index (χ2v) is 15.6. The van der Waals surface area contributed by atoms with E-state index < -0.39 is 59.5 Å². The van der Waals surface area contributed by atoms with Gasteiger partial charge in [0.2, 0.25) is 23.6 Å². The molecule has 4 atom stereocenters. The summed E-state index contributed by atoms with van der Waals surface area (Å²) in [5.74, 6) is -3.64. The molecule has 0 saturated heterocycles. The maximum atomic E-state index is 15.7. The molecule has 0 fully saturated rings. The molecule has 0 aromatic heterocycles. The minimum atomic E-state index is -1.43. The lowest BCUT2D eigenvalue weighted by molar-refractivity contribution is -0.141. The Morgan fingerprint density at radius 1 is 0.921 bits per heavy atom. The molecule has 1 aliphatic rings. The van der Waals surface area contributed by atoms with Crippen LogP contribution in [0.2, 0.25) is 0 Å². The number of carbonyl (C=O) groups is 5. The molecule has 4 bridgehead atoms. The number of likely N-dealkylation sites (N-methyl/N-ethyl adjacent to an activating group) is 1. The highest BCUT2D eigenvalue weighted by molar-refractivity contribution is 6.00. The zero-order valence-electron chi connectivity index (χ0n) is 36.7. The van der Waals surface area contributed by atoms with Gasteiger partial charge in [0.1, 0.15) is 61.2 Å². The summed E-state index contributed by atoms with van der Waals surface area (Å²) in [6.07, 6.45) is 5.86. The number of nitrogens with two attached hydrogens (primary N) is 3. The molecule has 17 heteroatoms. The predicted octanol–water partition coefficient (Wildman–Crippen LogP) is 2.82. The Hall–Kier alpha value is -6.09. The van der Waals surface area contributed by atoms with Gasteiger partial charge < -0.3 is 52.8 Å². The lowest BCUT2D eigenvalue weighted by atomic mass is 9.93. The van der Waals surface area contributed by atoms with E-state index in [0.717, 1.165) is 42.6 Å². The quantitative estimate of drug-likeness (QED) is 0.0642. The molecule has 1 unspecified atom stereocenters. The van der Waals surface area contributed by atoms with Crippen LogP contribution in [-0.4, -0.2) is 99.0 Å². The van der Waals surface area contributed by atoms with Crippen molar-refractivity contribution in [2.75, 3.05) is 46.4 Å². The molecule has 0 saturated carbocycles. The number of benzene rings is 3. The average Bonchev–Trinajstić information content (AvgIpc) is 3.25. The van der Waals surface area contributed by atoms with Gasteiger partial charge in [-0.15, -0.1) is 0 Å². The molecule has 63 heavy (non-hydrogen) atoms. The highest BCUT2D eigenvalue weighted by Gasteiger charge is 2.36. The van der Waals surface area contributed by atoms with Gasteiger partial charge in [0.05, 0.1) is 11.6 Å². The van der Waals surface area contributed by atoms with Crippen molar-refractivity contribution in [1.82, 2.24) is 26.2 Å². The summed E-state index contributed by atoms with van der Waals surface area (Å²) in [7, 11) is 1.38. The fourth-order valence-corrected chi connectivity index (χ4v) is 7.54. The minimum Gasteiger partial charge on any atom is -0.492 e. The topological polar surface area (TPSA) is 257 Å². The van der Waals surface area contributed by atoms with E-state index in [4.69, 9.17) is 31.9 Å². The number of unbranched alkanes of at least 4 members (excludes halogenated alkanes) is 4. The summed E-state index contributed by atoms with van der Waals surface area (Å²) in [5.41, 5.74) is 20.4. The van der Waals surface area contributed by atoms with Crippen LogP contribution in [0.5, 0.6) is 11.5 Å². The molecule has 16 nitrogen and oxygen atoms in total. The number of hydrogen-bond donors (Lipinski definition) is 7. The number of nitriles is 1. The first-order valence-electron chi connectivity index (χ1n) is 21.5. The monoisotopic (exact) mass is 871 g/mol. The van der Waals surface area contributed by atoms with E-state index in [1.807, 2.05) is 6.07 Å². The van der Waals surface area contributed by atoms with Crippen molar-refractivity contribution in [3.05, 3.63) is 82.2 Å². The van der Waals surface area contributed by atoms with Crippen molar-refractivity contribution in [3.63, 3.8) is 0 Å². The smallest absolute Gasteiger partial charge is 0.255 e. The lowest BCUT2D eigenvalue weighted by Gasteiger charge is -2.32. The van der Waals surface area contributed by atoms with Crippen LogP contribution in [0.1, 0.15) is 91.0 Å². The normalized spacial score (nSPS) is 16.7. The van der Waals surface area contributed by atoms with Crippen LogP contribution >= 0.6 is 0 Å². The third-order valence-corrected chi connectivity index (χ3v) is 10.8. The summed E-state index contributed by atoms with van der Waals surface area (Å²) in [6.45, 7) is 5.48. The second-order valence-electron chi connectivity index (χ2n) is 15.6. The van der Waals surface area contributed by atoms with Gasteiger partial charge in [0.15, 0.2) is 0 Å². The van der Waals surface area contributed by atoms with Gasteiger partial charge in [-0.2, -0.15) is 5.26 Å². The molecule has 5 amide bonds. The van der Waals surface area contributed by atoms with Gasteiger partial charge in [0.25, 0.3) is 5.91 Å². The van der Waals surface area contributed by atoms with E-state index in [9.17, 15) is 24.0 Å². The number of carbonyl (C=O) groups excluding carboxylic acids is 5. The molecule has 1 heterocycles. The lowest BCUT2D eigenvalue weighted by Crippen LogP contribution is -2.56. The number of halogens is 1. The molecule has 10 N–H and O–H groups in total. The molecule has 0 aliphatic carbocycles. The number of ether oxygens (including phenoxy) is 2. The first kappa shape index (κ1) is 49.6. The number of nitrogens with zero attached hydrogens (tertiary/aromatic N) is 2.